The minimum atomic E-state index is -0.267. The third-order valence-electron chi connectivity index (χ3n) is 1.74. The van der Waals surface area contributed by atoms with Gasteiger partial charge < -0.3 is 5.11 Å². The topological polar surface area (TPSA) is 20.2 Å². The van der Waals surface area contributed by atoms with Gasteiger partial charge in [0.25, 0.3) is 0 Å². The highest BCUT2D eigenvalue weighted by Gasteiger charge is 1.99. The van der Waals surface area contributed by atoms with Gasteiger partial charge in [-0.15, -0.1) is 12.3 Å². The Morgan fingerprint density at radius 3 is 2.64 bits per heavy atom. The van der Waals surface area contributed by atoms with Crippen molar-refractivity contribution < 1.29 is 5.11 Å². The average Bonchev–Trinajstić information content (AvgIpc) is 1.99. The molecule has 1 N–H and O–H groups in total. The lowest BCUT2D eigenvalue weighted by atomic mass is 10.1. The van der Waals surface area contributed by atoms with E-state index >= 15 is 0 Å². The first kappa shape index (κ1) is 10.5. The van der Waals surface area contributed by atoms with Crippen molar-refractivity contribution in [3.63, 3.8) is 0 Å². The van der Waals surface area contributed by atoms with E-state index in [1.165, 1.54) is 19.3 Å². The van der Waals surface area contributed by atoms with E-state index in [1.807, 2.05) is 0 Å². The van der Waals surface area contributed by atoms with Crippen molar-refractivity contribution in [3.05, 3.63) is 0 Å². The van der Waals surface area contributed by atoms with Crippen LogP contribution in [0.2, 0.25) is 0 Å². The van der Waals surface area contributed by atoms with Crippen LogP contribution in [0, 0.1) is 12.3 Å². The van der Waals surface area contributed by atoms with E-state index < -0.39 is 0 Å². The molecule has 0 amide bonds. The minimum Gasteiger partial charge on any atom is -0.392 e. The first-order valence-electron chi connectivity index (χ1n) is 4.42. The summed E-state index contributed by atoms with van der Waals surface area (Å²) in [6.07, 6.45) is 11.0. The van der Waals surface area contributed by atoms with Gasteiger partial charge in [-0.3, -0.25) is 0 Å². The second-order valence-electron chi connectivity index (χ2n) is 2.91. The predicted molar refractivity (Wildman–Crippen MR) is 48.2 cm³/mol. The van der Waals surface area contributed by atoms with E-state index in [0.717, 1.165) is 12.8 Å². The molecule has 1 nitrogen and oxygen atoms in total. The maximum absolute atomic E-state index is 9.21. The number of aliphatic hydroxyl groups is 1. The highest BCUT2D eigenvalue weighted by Crippen LogP contribution is 2.06. The van der Waals surface area contributed by atoms with Gasteiger partial charge in [0.1, 0.15) is 0 Å². The van der Waals surface area contributed by atoms with Crippen LogP contribution in [-0.2, 0) is 0 Å². The molecule has 1 heteroatoms. The molecular weight excluding hydrogens is 136 g/mol. The van der Waals surface area contributed by atoms with Gasteiger partial charge in [0, 0.05) is 6.42 Å². The predicted octanol–water partition coefficient (Wildman–Crippen LogP) is 2.34. The van der Waals surface area contributed by atoms with Crippen LogP contribution in [0.4, 0.5) is 0 Å². The molecule has 0 aromatic carbocycles. The highest BCUT2D eigenvalue weighted by atomic mass is 16.3. The zero-order valence-corrected chi connectivity index (χ0v) is 7.34. The molecule has 0 fully saturated rings. The molecule has 0 radical (unpaired) electrons. The van der Waals surface area contributed by atoms with E-state index in [4.69, 9.17) is 6.42 Å². The maximum Gasteiger partial charge on any atom is 0.0649 e. The summed E-state index contributed by atoms with van der Waals surface area (Å²) in [7, 11) is 0. The van der Waals surface area contributed by atoms with Gasteiger partial charge in [0.15, 0.2) is 0 Å². The average molecular weight is 154 g/mol. The molecule has 0 aliphatic carbocycles. The van der Waals surface area contributed by atoms with E-state index in [2.05, 4.69) is 12.8 Å². The molecule has 0 saturated carbocycles. The van der Waals surface area contributed by atoms with Crippen LogP contribution in [0.1, 0.15) is 45.4 Å². The molecule has 0 aromatic heterocycles. The van der Waals surface area contributed by atoms with E-state index in [0.29, 0.717) is 6.42 Å². The number of unbranched alkanes of at least 4 members (excludes halogenated alkanes) is 3. The van der Waals surface area contributed by atoms with Crippen LogP contribution >= 0.6 is 0 Å². The van der Waals surface area contributed by atoms with E-state index in [9.17, 15) is 5.11 Å². The van der Waals surface area contributed by atoms with E-state index in [-0.39, 0.29) is 6.10 Å². The van der Waals surface area contributed by atoms with Crippen molar-refractivity contribution >= 4 is 0 Å². The normalized spacial score (nSPS) is 12.5. The number of terminal acetylenes is 1. The first-order chi connectivity index (χ1) is 5.31. The van der Waals surface area contributed by atoms with Gasteiger partial charge in [-0.2, -0.15) is 0 Å². The zero-order chi connectivity index (χ0) is 8.53. The monoisotopic (exact) mass is 154 g/mol. The molecule has 0 rings (SSSR count). The lowest BCUT2D eigenvalue weighted by Gasteiger charge is -2.05. The molecule has 0 unspecified atom stereocenters. The fraction of sp³-hybridized carbons (Fsp3) is 0.800. The molecule has 0 aliphatic rings. The summed E-state index contributed by atoms with van der Waals surface area (Å²) in [5.74, 6) is 2.46. The second-order valence-corrected chi connectivity index (χ2v) is 2.91. The Morgan fingerprint density at radius 2 is 2.09 bits per heavy atom. The SMILES string of the molecule is C#CC[C@H](O)CCCCCC. The Kier molecular flexibility index (Phi) is 7.29. The Labute approximate surface area is 69.8 Å². The summed E-state index contributed by atoms with van der Waals surface area (Å²) in [4.78, 5) is 0. The molecule has 0 aromatic rings. The quantitative estimate of drug-likeness (QED) is 0.460. The highest BCUT2D eigenvalue weighted by molar-refractivity contribution is 4.86. The second kappa shape index (κ2) is 7.63. The smallest absolute Gasteiger partial charge is 0.0649 e. The van der Waals surface area contributed by atoms with E-state index in [1.54, 1.807) is 0 Å². The van der Waals surface area contributed by atoms with Gasteiger partial charge in [-0.25, -0.2) is 0 Å². The molecule has 1 atom stereocenters. The van der Waals surface area contributed by atoms with Crippen molar-refractivity contribution in [2.45, 2.75) is 51.6 Å². The third kappa shape index (κ3) is 7.42. The largest absolute Gasteiger partial charge is 0.392 e. The third-order valence-corrected chi connectivity index (χ3v) is 1.74. The molecule has 64 valence electrons. The van der Waals surface area contributed by atoms with Crippen molar-refractivity contribution in [1.82, 2.24) is 0 Å². The molecule has 11 heavy (non-hydrogen) atoms. The Balaban J connectivity index is 3.05. The number of hydrogen-bond donors (Lipinski definition) is 1. The molecule has 0 saturated heterocycles. The van der Waals surface area contributed by atoms with Crippen LogP contribution in [0.15, 0.2) is 0 Å². The summed E-state index contributed by atoms with van der Waals surface area (Å²) in [5, 5.41) is 9.21. The Morgan fingerprint density at radius 1 is 1.36 bits per heavy atom. The van der Waals surface area contributed by atoms with Crippen LogP contribution in [-0.4, -0.2) is 11.2 Å². The van der Waals surface area contributed by atoms with Crippen molar-refractivity contribution in [1.29, 1.82) is 0 Å². The van der Waals surface area contributed by atoms with Crippen molar-refractivity contribution in [2.75, 3.05) is 0 Å². The van der Waals surface area contributed by atoms with Crippen LogP contribution in [0.5, 0.6) is 0 Å². The number of aliphatic hydroxyl groups excluding tert-OH is 1. The molecule has 0 aliphatic heterocycles. The first-order valence-corrected chi connectivity index (χ1v) is 4.42. The molecule has 0 spiro atoms. The van der Waals surface area contributed by atoms with Crippen LogP contribution in [0.3, 0.4) is 0 Å². The lowest BCUT2D eigenvalue weighted by molar-refractivity contribution is 0.166. The molecule has 0 bridgehead atoms. The Bertz CT molecular complexity index is 113. The summed E-state index contributed by atoms with van der Waals surface area (Å²) in [6, 6.07) is 0. The summed E-state index contributed by atoms with van der Waals surface area (Å²) in [5.41, 5.74) is 0. The number of rotatable bonds is 6. The fourth-order valence-electron chi connectivity index (χ4n) is 1.04. The van der Waals surface area contributed by atoms with Crippen molar-refractivity contribution in [3.8, 4) is 12.3 Å². The van der Waals surface area contributed by atoms with Gasteiger partial charge >= 0.3 is 0 Å². The van der Waals surface area contributed by atoms with Crippen LogP contribution < -0.4 is 0 Å². The molecule has 0 heterocycles. The zero-order valence-electron chi connectivity index (χ0n) is 7.34. The summed E-state index contributed by atoms with van der Waals surface area (Å²) in [6.45, 7) is 2.18. The summed E-state index contributed by atoms with van der Waals surface area (Å²) >= 11 is 0. The molecular formula is C10H18O. The van der Waals surface area contributed by atoms with Gasteiger partial charge in [0.2, 0.25) is 0 Å². The van der Waals surface area contributed by atoms with Gasteiger partial charge in [0.05, 0.1) is 6.10 Å². The summed E-state index contributed by atoms with van der Waals surface area (Å²) < 4.78 is 0. The fourth-order valence-corrected chi connectivity index (χ4v) is 1.04. The Hall–Kier alpha value is -0.480. The van der Waals surface area contributed by atoms with Crippen molar-refractivity contribution in [2.24, 2.45) is 0 Å². The lowest BCUT2D eigenvalue weighted by Crippen LogP contribution is -2.04. The maximum atomic E-state index is 9.21. The van der Waals surface area contributed by atoms with Gasteiger partial charge in [-0.05, 0) is 6.42 Å². The van der Waals surface area contributed by atoms with Crippen LogP contribution in [0.25, 0.3) is 0 Å². The standard InChI is InChI=1S/C10H18O/c1-3-5-6-7-9-10(11)8-4-2/h2,10-11H,3,5-9H2,1H3/t10-/m0/s1. The van der Waals surface area contributed by atoms with Gasteiger partial charge in [-0.1, -0.05) is 32.6 Å². The minimum absolute atomic E-state index is 0.267. The number of hydrogen-bond acceptors (Lipinski definition) is 1.